The number of amides is 1. The number of aliphatic carboxylic acids is 1. The first kappa shape index (κ1) is 18.3. The lowest BCUT2D eigenvalue weighted by Gasteiger charge is -2.45. The molecule has 1 aromatic rings. The zero-order chi connectivity index (χ0) is 18.0. The highest BCUT2D eigenvalue weighted by molar-refractivity contribution is 5.77. The van der Waals surface area contributed by atoms with Crippen molar-refractivity contribution in [2.24, 2.45) is 5.41 Å². The van der Waals surface area contributed by atoms with Crippen molar-refractivity contribution in [3.8, 4) is 0 Å². The molecule has 0 saturated carbocycles. The Morgan fingerprint density at radius 2 is 1.92 bits per heavy atom. The number of hydrogen-bond acceptors (Lipinski definition) is 3. The fraction of sp³-hybridized carbons (Fsp3) is 0.579. The third-order valence-corrected chi connectivity index (χ3v) is 4.81. The van der Waals surface area contributed by atoms with Gasteiger partial charge in [0.15, 0.2) is 0 Å². The van der Waals surface area contributed by atoms with Gasteiger partial charge in [0.1, 0.15) is 5.60 Å². The zero-order valence-electron chi connectivity index (χ0n) is 14.9. The van der Waals surface area contributed by atoms with Gasteiger partial charge in [0.25, 0.3) is 0 Å². The Balaban J connectivity index is 2.31. The maximum Gasteiger partial charge on any atom is 0.410 e. The van der Waals surface area contributed by atoms with Crippen LogP contribution in [0.2, 0.25) is 0 Å². The molecule has 1 N–H and O–H groups in total. The number of carboxylic acids is 1. The molecule has 1 amide bonds. The van der Waals surface area contributed by atoms with Gasteiger partial charge in [-0.25, -0.2) is 4.79 Å². The molecular weight excluding hydrogens is 306 g/mol. The van der Waals surface area contributed by atoms with Crippen LogP contribution in [0.4, 0.5) is 4.79 Å². The molecule has 1 aliphatic heterocycles. The average molecular weight is 333 g/mol. The molecule has 0 bridgehead atoms. The van der Waals surface area contributed by atoms with E-state index < -0.39 is 17.0 Å². The molecule has 132 valence electrons. The highest BCUT2D eigenvalue weighted by Crippen LogP contribution is 2.46. The number of carbonyl (C=O) groups is 2. The van der Waals surface area contributed by atoms with Gasteiger partial charge >= 0.3 is 12.1 Å². The van der Waals surface area contributed by atoms with Gasteiger partial charge < -0.3 is 14.7 Å². The number of ether oxygens (including phenoxy) is 1. The molecule has 1 aromatic carbocycles. The van der Waals surface area contributed by atoms with E-state index in [1.54, 1.807) is 4.90 Å². The van der Waals surface area contributed by atoms with Crippen LogP contribution in [-0.4, -0.2) is 40.8 Å². The van der Waals surface area contributed by atoms with E-state index in [2.05, 4.69) is 0 Å². The molecule has 2 atom stereocenters. The van der Waals surface area contributed by atoms with Crippen molar-refractivity contribution in [2.75, 3.05) is 13.1 Å². The Hall–Kier alpha value is -2.04. The summed E-state index contributed by atoms with van der Waals surface area (Å²) in [5.74, 6) is -1.04. The molecule has 0 aliphatic carbocycles. The smallest absolute Gasteiger partial charge is 0.410 e. The normalized spacial score (nSPS) is 24.5. The van der Waals surface area contributed by atoms with E-state index in [-0.39, 0.29) is 12.0 Å². The second-order valence-corrected chi connectivity index (χ2v) is 7.45. The summed E-state index contributed by atoms with van der Waals surface area (Å²) in [4.78, 5) is 26.1. The Morgan fingerprint density at radius 1 is 1.29 bits per heavy atom. The van der Waals surface area contributed by atoms with Crippen LogP contribution in [0.3, 0.4) is 0 Å². The summed E-state index contributed by atoms with van der Waals surface area (Å²) in [6.07, 6.45) is 0.584. The van der Waals surface area contributed by atoms with Gasteiger partial charge in [0.05, 0.1) is 5.41 Å². The number of nitrogens with zero attached hydrogens (tertiary/aromatic N) is 1. The Labute approximate surface area is 143 Å². The summed E-state index contributed by atoms with van der Waals surface area (Å²) in [5, 5.41) is 9.90. The first-order chi connectivity index (χ1) is 11.2. The van der Waals surface area contributed by atoms with Crippen molar-refractivity contribution >= 4 is 12.1 Å². The molecule has 5 nitrogen and oxygen atoms in total. The summed E-state index contributed by atoms with van der Waals surface area (Å²) in [6.45, 7) is 8.16. The Bertz CT molecular complexity index is 593. The van der Waals surface area contributed by atoms with Gasteiger partial charge in [-0.15, -0.1) is 0 Å². The van der Waals surface area contributed by atoms with Crippen LogP contribution >= 0.6 is 0 Å². The van der Waals surface area contributed by atoms with Gasteiger partial charge in [-0.05, 0) is 39.2 Å². The monoisotopic (exact) mass is 333 g/mol. The molecule has 5 heteroatoms. The van der Waals surface area contributed by atoms with E-state index in [9.17, 15) is 14.7 Å². The van der Waals surface area contributed by atoms with E-state index >= 15 is 0 Å². The van der Waals surface area contributed by atoms with Gasteiger partial charge in [-0.3, -0.25) is 4.79 Å². The lowest BCUT2D eigenvalue weighted by Crippen LogP contribution is -2.52. The number of hydrogen-bond donors (Lipinski definition) is 1. The quantitative estimate of drug-likeness (QED) is 0.911. The van der Waals surface area contributed by atoms with Crippen LogP contribution in [0, 0.1) is 5.41 Å². The SMILES string of the molecule is CCC1(C(=O)O)CCN(C(=O)OC(C)(C)C)CC1c1ccccc1. The van der Waals surface area contributed by atoms with Crippen LogP contribution in [0.25, 0.3) is 0 Å². The maximum absolute atomic E-state index is 12.4. The zero-order valence-corrected chi connectivity index (χ0v) is 14.9. The largest absolute Gasteiger partial charge is 0.481 e. The number of benzene rings is 1. The second kappa shape index (κ2) is 6.83. The molecule has 2 unspecified atom stereocenters. The minimum atomic E-state index is -0.847. The van der Waals surface area contributed by atoms with E-state index in [0.717, 1.165) is 5.56 Å². The standard InChI is InChI=1S/C19H27NO4/c1-5-19(16(21)22)11-12-20(17(23)24-18(2,3)4)13-15(19)14-9-7-6-8-10-14/h6-10,15H,5,11-13H2,1-4H3,(H,21,22). The average Bonchev–Trinajstić information content (AvgIpc) is 2.53. The molecule has 2 rings (SSSR count). The van der Waals surface area contributed by atoms with Gasteiger partial charge in [0, 0.05) is 19.0 Å². The predicted octanol–water partition coefficient (Wildman–Crippen LogP) is 3.89. The fourth-order valence-corrected chi connectivity index (χ4v) is 3.43. The first-order valence-electron chi connectivity index (χ1n) is 8.46. The maximum atomic E-state index is 12.4. The molecule has 0 radical (unpaired) electrons. The summed E-state index contributed by atoms with van der Waals surface area (Å²) < 4.78 is 5.46. The summed E-state index contributed by atoms with van der Waals surface area (Å²) in [6, 6.07) is 9.60. The number of piperidine rings is 1. The third kappa shape index (κ3) is 3.71. The van der Waals surface area contributed by atoms with Crippen molar-refractivity contribution in [3.63, 3.8) is 0 Å². The topological polar surface area (TPSA) is 66.8 Å². The molecule has 0 aromatic heterocycles. The lowest BCUT2D eigenvalue weighted by atomic mass is 9.66. The third-order valence-electron chi connectivity index (χ3n) is 4.81. The molecule has 1 fully saturated rings. The van der Waals surface area contributed by atoms with Crippen molar-refractivity contribution in [3.05, 3.63) is 35.9 Å². The highest BCUT2D eigenvalue weighted by Gasteiger charge is 2.49. The van der Waals surface area contributed by atoms with E-state index in [1.165, 1.54) is 0 Å². The Kier molecular flexibility index (Phi) is 5.21. The van der Waals surface area contributed by atoms with Crippen LogP contribution < -0.4 is 0 Å². The molecule has 1 saturated heterocycles. The fourth-order valence-electron chi connectivity index (χ4n) is 3.43. The van der Waals surface area contributed by atoms with Crippen molar-refractivity contribution in [1.82, 2.24) is 4.90 Å². The van der Waals surface area contributed by atoms with E-state index in [1.807, 2.05) is 58.0 Å². The van der Waals surface area contributed by atoms with Crippen molar-refractivity contribution in [2.45, 2.75) is 52.1 Å². The van der Waals surface area contributed by atoms with Crippen LogP contribution in [0.5, 0.6) is 0 Å². The van der Waals surface area contributed by atoms with Crippen molar-refractivity contribution < 1.29 is 19.4 Å². The molecule has 24 heavy (non-hydrogen) atoms. The van der Waals surface area contributed by atoms with Crippen LogP contribution in [-0.2, 0) is 9.53 Å². The van der Waals surface area contributed by atoms with Gasteiger partial charge in [-0.2, -0.15) is 0 Å². The molecular formula is C19H27NO4. The summed E-state index contributed by atoms with van der Waals surface area (Å²) in [7, 11) is 0. The van der Waals surface area contributed by atoms with Crippen LogP contribution in [0.1, 0.15) is 52.0 Å². The second-order valence-electron chi connectivity index (χ2n) is 7.45. The first-order valence-corrected chi connectivity index (χ1v) is 8.46. The highest BCUT2D eigenvalue weighted by atomic mass is 16.6. The van der Waals surface area contributed by atoms with E-state index in [0.29, 0.717) is 25.9 Å². The minimum Gasteiger partial charge on any atom is -0.481 e. The number of rotatable bonds is 3. The van der Waals surface area contributed by atoms with Crippen LogP contribution in [0.15, 0.2) is 30.3 Å². The lowest BCUT2D eigenvalue weighted by molar-refractivity contribution is -0.154. The summed E-state index contributed by atoms with van der Waals surface area (Å²) >= 11 is 0. The summed E-state index contributed by atoms with van der Waals surface area (Å²) in [5.41, 5.74) is -0.458. The molecule has 1 aliphatic rings. The molecule has 0 spiro atoms. The number of likely N-dealkylation sites (tertiary alicyclic amines) is 1. The van der Waals surface area contributed by atoms with Crippen molar-refractivity contribution in [1.29, 1.82) is 0 Å². The van der Waals surface area contributed by atoms with E-state index in [4.69, 9.17) is 4.74 Å². The predicted molar refractivity (Wildman–Crippen MR) is 92.0 cm³/mol. The van der Waals surface area contributed by atoms with Gasteiger partial charge in [0.2, 0.25) is 0 Å². The molecule has 1 heterocycles. The number of carboxylic acid groups (broad SMARTS) is 1. The van der Waals surface area contributed by atoms with Gasteiger partial charge in [-0.1, -0.05) is 37.3 Å². The minimum absolute atomic E-state index is 0.248. The number of carbonyl (C=O) groups excluding carboxylic acids is 1. The Morgan fingerprint density at radius 3 is 2.42 bits per heavy atom.